The molecule has 0 N–H and O–H groups in total. The lowest BCUT2D eigenvalue weighted by molar-refractivity contribution is -0.168. The Morgan fingerprint density at radius 3 is 1.82 bits per heavy atom. The van der Waals surface area contributed by atoms with E-state index in [2.05, 4.69) is 10.7 Å². The predicted octanol–water partition coefficient (Wildman–Crippen LogP) is 0.686. The number of hydrogen-bond donors (Lipinski definition) is 0. The van der Waals surface area contributed by atoms with Crippen LogP contribution in [-0.4, -0.2) is 26.1 Å². The zero-order chi connectivity index (χ0) is 9.28. The summed E-state index contributed by atoms with van der Waals surface area (Å²) in [6.07, 6.45) is -5.14. The number of carbonyl (C=O) groups is 1. The number of hydrogen-bond acceptors (Lipinski definition) is 3. The summed E-state index contributed by atoms with van der Waals surface area (Å²) < 4.78 is 53.8. The van der Waals surface area contributed by atoms with Gasteiger partial charge in [0, 0.05) is 10.7 Å². The van der Waals surface area contributed by atoms with E-state index in [9.17, 15) is 26.4 Å². The van der Waals surface area contributed by atoms with Crippen molar-refractivity contribution in [2.24, 2.45) is 0 Å². The van der Waals surface area contributed by atoms with E-state index in [0.717, 1.165) is 0 Å². The fourth-order valence-corrected chi connectivity index (χ4v) is 1.01. The smallest absolute Gasteiger partial charge is 0.288 e. The van der Waals surface area contributed by atoms with Gasteiger partial charge in [0.05, 0.1) is 0 Å². The summed E-state index contributed by atoms with van der Waals surface area (Å²) in [6.45, 7) is 0. The molecule has 0 saturated carbocycles. The second kappa shape index (κ2) is 2.98. The molecule has 0 atom stereocenters. The Kier molecular flexibility index (Phi) is 2.90. The van der Waals surface area contributed by atoms with Crippen molar-refractivity contribution in [1.29, 1.82) is 0 Å². The van der Waals surface area contributed by atoms with Gasteiger partial charge >= 0.3 is 6.18 Å². The van der Waals surface area contributed by atoms with Gasteiger partial charge in [0.15, 0.2) is 0 Å². The molecule has 0 aromatic carbocycles. The second-order valence-corrected chi connectivity index (χ2v) is 4.38. The van der Waals surface area contributed by atoms with Crippen LogP contribution in [0.4, 0.5) is 13.2 Å². The first-order valence-electron chi connectivity index (χ1n) is 2.15. The van der Waals surface area contributed by atoms with Crippen LogP contribution >= 0.6 is 10.7 Å². The molecule has 0 unspecified atom stereocenters. The largest absolute Gasteiger partial charge is 0.451 e. The monoisotopic (exact) mass is 210 g/mol. The van der Waals surface area contributed by atoms with E-state index in [4.69, 9.17) is 0 Å². The normalized spacial score (nSPS) is 13.1. The summed E-state index contributed by atoms with van der Waals surface area (Å²) in [6, 6.07) is 0. The zero-order valence-corrected chi connectivity index (χ0v) is 6.42. The fourth-order valence-electron chi connectivity index (χ4n) is 0.238. The van der Waals surface area contributed by atoms with Crippen LogP contribution in [0.25, 0.3) is 0 Å². The highest BCUT2D eigenvalue weighted by molar-refractivity contribution is 8.14. The molecule has 0 aromatic rings. The maximum Gasteiger partial charge on any atom is 0.451 e. The number of carbonyl (C=O) groups excluding carboxylic acids is 1. The van der Waals surface area contributed by atoms with Gasteiger partial charge < -0.3 is 0 Å². The first kappa shape index (κ1) is 10.7. The SMILES string of the molecule is O=C(CS(=O)(=O)Cl)C(F)(F)F. The van der Waals surface area contributed by atoms with Crippen molar-refractivity contribution < 1.29 is 26.4 Å². The highest BCUT2D eigenvalue weighted by Gasteiger charge is 2.40. The van der Waals surface area contributed by atoms with E-state index >= 15 is 0 Å². The fraction of sp³-hybridized carbons (Fsp3) is 0.667. The lowest BCUT2D eigenvalue weighted by Gasteiger charge is -2.01. The number of rotatable bonds is 2. The summed E-state index contributed by atoms with van der Waals surface area (Å²) in [5.41, 5.74) is 0. The average molecular weight is 211 g/mol. The van der Waals surface area contributed by atoms with Crippen LogP contribution in [0.1, 0.15) is 0 Å². The minimum Gasteiger partial charge on any atom is -0.288 e. The predicted molar refractivity (Wildman–Crippen MR) is 30.7 cm³/mol. The van der Waals surface area contributed by atoms with E-state index in [-0.39, 0.29) is 0 Å². The van der Waals surface area contributed by atoms with Crippen LogP contribution in [0.5, 0.6) is 0 Å². The van der Waals surface area contributed by atoms with Crippen molar-refractivity contribution in [2.75, 3.05) is 5.75 Å². The topological polar surface area (TPSA) is 51.2 Å². The molecule has 0 heterocycles. The van der Waals surface area contributed by atoms with Crippen LogP contribution < -0.4 is 0 Å². The number of ketones is 1. The maximum absolute atomic E-state index is 11.3. The highest BCUT2D eigenvalue weighted by atomic mass is 35.7. The number of halogens is 4. The Labute approximate surface area is 64.6 Å². The second-order valence-electron chi connectivity index (χ2n) is 1.60. The van der Waals surface area contributed by atoms with Gasteiger partial charge in [-0.2, -0.15) is 13.2 Å². The minimum atomic E-state index is -5.14. The summed E-state index contributed by atoms with van der Waals surface area (Å²) in [4.78, 5) is 9.89. The molecule has 0 rings (SSSR count). The molecule has 66 valence electrons. The third kappa shape index (κ3) is 5.02. The molecule has 0 spiro atoms. The minimum absolute atomic E-state index is 1.71. The van der Waals surface area contributed by atoms with E-state index in [1.165, 1.54) is 0 Å². The molecule has 0 aliphatic heterocycles. The van der Waals surface area contributed by atoms with Crippen LogP contribution in [0, 0.1) is 0 Å². The van der Waals surface area contributed by atoms with Crippen molar-refractivity contribution in [2.45, 2.75) is 6.18 Å². The molecule has 11 heavy (non-hydrogen) atoms. The molecule has 0 radical (unpaired) electrons. The van der Waals surface area contributed by atoms with Crippen molar-refractivity contribution in [1.82, 2.24) is 0 Å². The standard InChI is InChI=1S/C3H2ClF3O3S/c4-11(9,10)1-2(8)3(5,6)7/h1H2. The van der Waals surface area contributed by atoms with Crippen molar-refractivity contribution >= 4 is 25.5 Å². The molecule has 8 heteroatoms. The Bertz CT molecular complexity index is 253. The molecule has 0 fully saturated rings. The Balaban J connectivity index is 4.35. The third-order valence-corrected chi connectivity index (χ3v) is 1.55. The molecule has 0 saturated heterocycles. The van der Waals surface area contributed by atoms with E-state index < -0.39 is 26.8 Å². The molecular formula is C3H2ClF3O3S. The lowest BCUT2D eigenvalue weighted by atomic mass is 10.4. The molecule has 0 aliphatic rings. The molecular weight excluding hydrogens is 209 g/mol. The van der Waals surface area contributed by atoms with Gasteiger partial charge in [-0.15, -0.1) is 0 Å². The molecule has 0 aromatic heterocycles. The van der Waals surface area contributed by atoms with Crippen molar-refractivity contribution in [3.8, 4) is 0 Å². The molecule has 0 aliphatic carbocycles. The Hall–Kier alpha value is -0.300. The summed E-state index contributed by atoms with van der Waals surface area (Å²) in [7, 11) is -0.0184. The van der Waals surface area contributed by atoms with Gasteiger partial charge in [-0.3, -0.25) is 4.79 Å². The summed E-state index contributed by atoms with van der Waals surface area (Å²) >= 11 is 0. The van der Waals surface area contributed by atoms with E-state index in [1.54, 1.807) is 0 Å². The van der Waals surface area contributed by atoms with Crippen LogP contribution in [0.15, 0.2) is 0 Å². The Morgan fingerprint density at radius 2 is 1.73 bits per heavy atom. The first-order chi connectivity index (χ1) is 4.63. The van der Waals surface area contributed by atoms with Gasteiger partial charge in [0.2, 0.25) is 9.05 Å². The van der Waals surface area contributed by atoms with Crippen LogP contribution in [-0.2, 0) is 13.8 Å². The summed E-state index contributed by atoms with van der Waals surface area (Å²) in [5.74, 6) is -4.08. The molecule has 0 bridgehead atoms. The van der Waals surface area contributed by atoms with Gasteiger partial charge in [0.1, 0.15) is 5.75 Å². The van der Waals surface area contributed by atoms with Crippen molar-refractivity contribution in [3.63, 3.8) is 0 Å². The van der Waals surface area contributed by atoms with Gasteiger partial charge in [-0.05, 0) is 0 Å². The zero-order valence-electron chi connectivity index (χ0n) is 4.85. The molecule has 0 amide bonds. The van der Waals surface area contributed by atoms with Gasteiger partial charge in [0.25, 0.3) is 5.78 Å². The lowest BCUT2D eigenvalue weighted by Crippen LogP contribution is -2.28. The van der Waals surface area contributed by atoms with E-state index in [0.29, 0.717) is 0 Å². The first-order valence-corrected chi connectivity index (χ1v) is 4.63. The quantitative estimate of drug-likeness (QED) is 0.630. The van der Waals surface area contributed by atoms with Crippen LogP contribution in [0.2, 0.25) is 0 Å². The maximum atomic E-state index is 11.3. The number of Topliss-reactive ketones (excluding diaryl/α,β-unsaturated/α-hetero) is 1. The van der Waals surface area contributed by atoms with E-state index in [1.807, 2.05) is 0 Å². The summed E-state index contributed by atoms with van der Waals surface area (Å²) in [5, 5.41) is 0. The molecule has 3 nitrogen and oxygen atoms in total. The van der Waals surface area contributed by atoms with Gasteiger partial charge in [-0.1, -0.05) is 0 Å². The Morgan fingerprint density at radius 1 is 1.36 bits per heavy atom. The van der Waals surface area contributed by atoms with Crippen LogP contribution in [0.3, 0.4) is 0 Å². The van der Waals surface area contributed by atoms with Gasteiger partial charge in [-0.25, -0.2) is 8.42 Å². The van der Waals surface area contributed by atoms with Crippen molar-refractivity contribution in [3.05, 3.63) is 0 Å². The third-order valence-electron chi connectivity index (χ3n) is 0.620. The average Bonchev–Trinajstić information content (AvgIpc) is 1.56. The highest BCUT2D eigenvalue weighted by Crippen LogP contribution is 2.17. The number of alkyl halides is 3.